The van der Waals surface area contributed by atoms with Crippen molar-refractivity contribution in [2.24, 2.45) is 17.3 Å². The van der Waals surface area contributed by atoms with E-state index in [-0.39, 0.29) is 23.6 Å². The van der Waals surface area contributed by atoms with E-state index in [0.717, 1.165) is 84.8 Å². The van der Waals surface area contributed by atoms with Gasteiger partial charge in [-0.15, -0.1) is 0 Å². The van der Waals surface area contributed by atoms with Crippen LogP contribution in [0, 0.1) is 17.3 Å². The Morgan fingerprint density at radius 3 is 2.55 bits per heavy atom. The summed E-state index contributed by atoms with van der Waals surface area (Å²) in [5.41, 5.74) is 4.48. The number of rotatable bonds is 6. The van der Waals surface area contributed by atoms with E-state index in [1.54, 1.807) is 13.1 Å². The quantitative estimate of drug-likeness (QED) is 0.253. The zero-order valence-electron chi connectivity index (χ0n) is 28.7. The molecule has 2 aliphatic carbocycles. The summed E-state index contributed by atoms with van der Waals surface area (Å²) in [6, 6.07) is 11.6. The molecular formula is C38H42F2N8O3. The van der Waals surface area contributed by atoms with Crippen molar-refractivity contribution in [1.29, 1.82) is 0 Å². The molecule has 0 spiro atoms. The Balaban J connectivity index is 0.767. The summed E-state index contributed by atoms with van der Waals surface area (Å²) in [5.74, 6) is -2.53. The van der Waals surface area contributed by atoms with Crippen molar-refractivity contribution >= 4 is 34.4 Å². The molecule has 1 saturated carbocycles. The lowest BCUT2D eigenvalue weighted by atomic mass is 9.87. The number of H-pyrrole nitrogens is 2. The molecule has 11 nitrogen and oxygen atoms in total. The van der Waals surface area contributed by atoms with E-state index in [1.807, 2.05) is 41.3 Å². The normalized spacial score (nSPS) is 26.6. The topological polar surface area (TPSA) is 130 Å². The van der Waals surface area contributed by atoms with Gasteiger partial charge in [0.1, 0.15) is 11.5 Å². The fourth-order valence-electron chi connectivity index (χ4n) is 9.05. The predicted octanol–water partition coefficient (Wildman–Crippen LogP) is 4.52. The molecule has 13 heteroatoms. The molecule has 3 N–H and O–H groups in total. The molecule has 4 aromatic rings. The number of nitrogens with zero attached hydrogens (tertiary/aromatic N) is 5. The summed E-state index contributed by atoms with van der Waals surface area (Å²) < 4.78 is 28.9. The standard InChI is InChI=1S/C38H42F2N8O3/c1-37-19-30-27(18-31(37)38(37,39)40)34(45-44-30)29-16-23-2-3-24(17-28(23)42-29)36(51)48-14-12-46(13-15-48)21-22-8-10-47(11-9-22)32-6-4-25(20-41-32)26-5-7-33(49)43-35(26)50/h2-4,6,16-17,20,22,26,31,42H,5,7-15,18-19,21H2,1H3,(H,44,45)(H,43,49,50). The van der Waals surface area contributed by atoms with Gasteiger partial charge in [-0.25, -0.2) is 13.8 Å². The molecule has 0 bridgehead atoms. The van der Waals surface area contributed by atoms with Gasteiger partial charge in [0.25, 0.3) is 11.8 Å². The van der Waals surface area contributed by atoms with Crippen LogP contribution in [0.5, 0.6) is 0 Å². The number of carbonyl (C=O) groups is 3. The minimum absolute atomic E-state index is 0.0181. The number of aromatic nitrogens is 4. The lowest BCUT2D eigenvalue weighted by molar-refractivity contribution is -0.134. The minimum atomic E-state index is -2.64. The van der Waals surface area contributed by atoms with Crippen molar-refractivity contribution in [3.63, 3.8) is 0 Å². The van der Waals surface area contributed by atoms with E-state index in [0.29, 0.717) is 55.9 Å². The van der Waals surface area contributed by atoms with Crippen LogP contribution < -0.4 is 10.2 Å². The van der Waals surface area contributed by atoms with Gasteiger partial charge in [0.2, 0.25) is 11.8 Å². The molecular weight excluding hydrogens is 654 g/mol. The zero-order chi connectivity index (χ0) is 35.1. The first kappa shape index (κ1) is 32.3. The number of hydrogen-bond donors (Lipinski definition) is 3. The number of piperazine rings is 1. The number of aromatic amines is 2. The Kier molecular flexibility index (Phi) is 7.57. The molecule has 9 rings (SSSR count). The molecule has 3 atom stereocenters. The fourth-order valence-corrected chi connectivity index (χ4v) is 9.05. The number of nitrogens with one attached hydrogen (secondary N) is 3. The zero-order valence-corrected chi connectivity index (χ0v) is 28.7. The summed E-state index contributed by atoms with van der Waals surface area (Å²) in [4.78, 5) is 52.1. The smallest absolute Gasteiger partial charge is 0.258 e. The molecule has 6 heterocycles. The molecule has 3 amide bonds. The van der Waals surface area contributed by atoms with Gasteiger partial charge in [-0.05, 0) is 61.4 Å². The van der Waals surface area contributed by atoms with Gasteiger partial charge >= 0.3 is 0 Å². The summed E-state index contributed by atoms with van der Waals surface area (Å²) in [7, 11) is 0. The number of carbonyl (C=O) groups excluding carboxylic acids is 3. The molecule has 266 valence electrons. The van der Waals surface area contributed by atoms with Crippen LogP contribution in [0.2, 0.25) is 0 Å². The highest BCUT2D eigenvalue weighted by Crippen LogP contribution is 2.70. The van der Waals surface area contributed by atoms with Crippen LogP contribution in [0.4, 0.5) is 14.6 Å². The van der Waals surface area contributed by atoms with Gasteiger partial charge < -0.3 is 14.8 Å². The van der Waals surface area contributed by atoms with Gasteiger partial charge in [-0.2, -0.15) is 5.10 Å². The van der Waals surface area contributed by atoms with Crippen LogP contribution in [0.3, 0.4) is 0 Å². The van der Waals surface area contributed by atoms with Crippen LogP contribution in [0.1, 0.15) is 65.7 Å². The number of hydrogen-bond acceptors (Lipinski definition) is 7. The maximum atomic E-state index is 14.5. The number of benzene rings is 1. The van der Waals surface area contributed by atoms with E-state index in [4.69, 9.17) is 0 Å². The molecule has 3 aromatic heterocycles. The number of imide groups is 1. The predicted molar refractivity (Wildman–Crippen MR) is 186 cm³/mol. The van der Waals surface area contributed by atoms with E-state index in [1.165, 1.54) is 0 Å². The van der Waals surface area contributed by atoms with Crippen molar-refractivity contribution in [2.75, 3.05) is 50.7 Å². The summed E-state index contributed by atoms with van der Waals surface area (Å²) in [5, 5.41) is 10.9. The van der Waals surface area contributed by atoms with Crippen molar-refractivity contribution in [3.8, 4) is 11.4 Å². The van der Waals surface area contributed by atoms with Gasteiger partial charge in [0.05, 0.1) is 11.6 Å². The fraction of sp³-hybridized carbons (Fsp3) is 0.500. The van der Waals surface area contributed by atoms with E-state index in [9.17, 15) is 23.2 Å². The highest BCUT2D eigenvalue weighted by Gasteiger charge is 2.78. The first-order chi connectivity index (χ1) is 24.6. The Morgan fingerprint density at radius 2 is 1.80 bits per heavy atom. The molecule has 4 fully saturated rings. The van der Waals surface area contributed by atoms with Crippen LogP contribution in [-0.4, -0.2) is 99.4 Å². The first-order valence-corrected chi connectivity index (χ1v) is 18.2. The maximum absolute atomic E-state index is 14.5. The van der Waals surface area contributed by atoms with Crippen molar-refractivity contribution < 1.29 is 23.2 Å². The molecule has 1 aromatic carbocycles. The average molecular weight is 697 g/mol. The highest BCUT2D eigenvalue weighted by atomic mass is 19.3. The molecule has 51 heavy (non-hydrogen) atoms. The van der Waals surface area contributed by atoms with Crippen molar-refractivity contribution in [3.05, 3.63) is 65.0 Å². The molecule has 3 saturated heterocycles. The SMILES string of the molecule is CC12Cc3[nH]nc(-c4cc5ccc(C(=O)N6CCN(CC7CCN(c8ccc(C9CCC(=O)NC9=O)cn8)CC7)CC6)cc5[nH]4)c3CC1C2(F)F. The number of anilines is 1. The summed E-state index contributed by atoms with van der Waals surface area (Å²) in [6.45, 7) is 7.58. The lowest BCUT2D eigenvalue weighted by Crippen LogP contribution is -2.50. The number of halogens is 2. The van der Waals surface area contributed by atoms with Gasteiger partial charge in [0.15, 0.2) is 0 Å². The molecule has 0 radical (unpaired) electrons. The average Bonchev–Trinajstić information content (AvgIpc) is 3.52. The second-order valence-electron chi connectivity index (χ2n) is 15.5. The second kappa shape index (κ2) is 12.0. The van der Waals surface area contributed by atoms with E-state index < -0.39 is 17.3 Å². The monoisotopic (exact) mass is 696 g/mol. The third-order valence-corrected chi connectivity index (χ3v) is 12.4. The first-order valence-electron chi connectivity index (χ1n) is 18.2. The lowest BCUT2D eigenvalue weighted by Gasteiger charge is -2.39. The third kappa shape index (κ3) is 5.51. The highest BCUT2D eigenvalue weighted by molar-refractivity contribution is 6.01. The summed E-state index contributed by atoms with van der Waals surface area (Å²) in [6.07, 6.45) is 5.42. The van der Waals surface area contributed by atoms with Crippen molar-refractivity contribution in [2.45, 2.75) is 57.3 Å². The van der Waals surface area contributed by atoms with Crippen molar-refractivity contribution in [1.82, 2.24) is 35.3 Å². The Hall–Kier alpha value is -4.65. The van der Waals surface area contributed by atoms with Crippen LogP contribution in [0.25, 0.3) is 22.3 Å². The van der Waals surface area contributed by atoms with Crippen LogP contribution >= 0.6 is 0 Å². The van der Waals surface area contributed by atoms with Crippen LogP contribution in [0.15, 0.2) is 42.6 Å². The number of fused-ring (bicyclic) bond motifs is 3. The largest absolute Gasteiger partial charge is 0.357 e. The van der Waals surface area contributed by atoms with Gasteiger partial charge in [-0.3, -0.25) is 29.7 Å². The maximum Gasteiger partial charge on any atom is 0.258 e. The Bertz CT molecular complexity index is 2030. The Morgan fingerprint density at radius 1 is 1.00 bits per heavy atom. The van der Waals surface area contributed by atoms with Gasteiger partial charge in [-0.1, -0.05) is 19.1 Å². The number of pyridine rings is 1. The van der Waals surface area contributed by atoms with E-state index in [2.05, 4.69) is 35.3 Å². The summed E-state index contributed by atoms with van der Waals surface area (Å²) >= 11 is 0. The molecule has 3 aliphatic heterocycles. The minimum Gasteiger partial charge on any atom is -0.357 e. The third-order valence-electron chi connectivity index (χ3n) is 12.4. The van der Waals surface area contributed by atoms with E-state index >= 15 is 0 Å². The second-order valence-corrected chi connectivity index (χ2v) is 15.5. The number of alkyl halides is 2. The molecule has 5 aliphatic rings. The number of amides is 3. The van der Waals surface area contributed by atoms with Crippen LogP contribution in [-0.2, 0) is 22.4 Å². The Labute approximate surface area is 294 Å². The van der Waals surface area contributed by atoms with Gasteiger partial charge in [0, 0.05) is 104 Å². The number of piperidine rings is 2. The molecule has 3 unspecified atom stereocenters.